The summed E-state index contributed by atoms with van der Waals surface area (Å²) in [6, 6.07) is 21.9. The van der Waals surface area contributed by atoms with E-state index in [9.17, 15) is 10.1 Å². The molecule has 7 nitrogen and oxygen atoms in total. The Morgan fingerprint density at radius 2 is 1.82 bits per heavy atom. The van der Waals surface area contributed by atoms with Crippen LogP contribution in [0.3, 0.4) is 0 Å². The van der Waals surface area contributed by atoms with Crippen LogP contribution in [0.25, 0.3) is 0 Å². The predicted molar refractivity (Wildman–Crippen MR) is 122 cm³/mol. The number of hydrogen-bond donors (Lipinski definition) is 1. The SMILES string of the molecule is N#CC1=C(N)Oc2cc(OC(=O)C3COc4ccccc4O3)ccc2C1c1ccc(Br)cc1. The van der Waals surface area contributed by atoms with Gasteiger partial charge in [-0.15, -0.1) is 0 Å². The summed E-state index contributed by atoms with van der Waals surface area (Å²) in [7, 11) is 0. The quantitative estimate of drug-likeness (QED) is 0.416. The van der Waals surface area contributed by atoms with E-state index in [0.29, 0.717) is 22.8 Å². The number of ether oxygens (including phenoxy) is 4. The average Bonchev–Trinajstić information content (AvgIpc) is 2.83. The molecule has 2 aliphatic rings. The number of esters is 1. The van der Waals surface area contributed by atoms with E-state index in [0.717, 1.165) is 15.6 Å². The van der Waals surface area contributed by atoms with Crippen molar-refractivity contribution in [1.82, 2.24) is 0 Å². The predicted octanol–water partition coefficient (Wildman–Crippen LogP) is 4.41. The first-order chi connectivity index (χ1) is 16.0. The zero-order valence-electron chi connectivity index (χ0n) is 17.2. The molecule has 0 radical (unpaired) electrons. The molecule has 0 saturated heterocycles. The number of halogens is 1. The highest BCUT2D eigenvalue weighted by atomic mass is 79.9. The van der Waals surface area contributed by atoms with E-state index in [1.54, 1.807) is 36.4 Å². The van der Waals surface area contributed by atoms with Crippen LogP contribution >= 0.6 is 15.9 Å². The van der Waals surface area contributed by atoms with Crippen LogP contribution in [0.1, 0.15) is 17.0 Å². The summed E-state index contributed by atoms with van der Waals surface area (Å²) in [5, 5.41) is 9.69. The molecule has 5 rings (SSSR count). The summed E-state index contributed by atoms with van der Waals surface area (Å²) in [6.07, 6.45) is -0.900. The number of nitrogens with zero attached hydrogens (tertiary/aromatic N) is 1. The Balaban J connectivity index is 1.40. The molecule has 164 valence electrons. The molecule has 8 heteroatoms. The van der Waals surface area contributed by atoms with Gasteiger partial charge in [0.2, 0.25) is 12.0 Å². The first kappa shape index (κ1) is 20.9. The van der Waals surface area contributed by atoms with Crippen molar-refractivity contribution in [2.24, 2.45) is 5.73 Å². The molecule has 2 atom stereocenters. The van der Waals surface area contributed by atoms with Crippen molar-refractivity contribution >= 4 is 21.9 Å². The van der Waals surface area contributed by atoms with Crippen molar-refractivity contribution in [1.29, 1.82) is 5.26 Å². The third kappa shape index (κ3) is 3.99. The summed E-state index contributed by atoms with van der Waals surface area (Å²) in [5.74, 6) is 0.771. The van der Waals surface area contributed by atoms with E-state index in [2.05, 4.69) is 22.0 Å². The van der Waals surface area contributed by atoms with Crippen LogP contribution in [-0.2, 0) is 4.79 Å². The molecule has 2 N–H and O–H groups in total. The van der Waals surface area contributed by atoms with Crippen molar-refractivity contribution in [3.8, 4) is 29.1 Å². The molecule has 0 saturated carbocycles. The van der Waals surface area contributed by atoms with E-state index in [1.807, 2.05) is 30.3 Å². The molecular formula is C25H17BrN2O5. The summed E-state index contributed by atoms with van der Waals surface area (Å²) in [4.78, 5) is 12.7. The lowest BCUT2D eigenvalue weighted by molar-refractivity contribution is -0.144. The average molecular weight is 505 g/mol. The smallest absolute Gasteiger partial charge is 0.356 e. The molecule has 3 aromatic carbocycles. The third-order valence-electron chi connectivity index (χ3n) is 5.38. The normalized spacial score (nSPS) is 18.5. The van der Waals surface area contributed by atoms with Crippen LogP contribution in [0.5, 0.6) is 23.0 Å². The molecule has 2 aliphatic heterocycles. The Kier molecular flexibility index (Phi) is 5.40. The lowest BCUT2D eigenvalue weighted by atomic mass is 9.83. The number of para-hydroxylation sites is 2. The van der Waals surface area contributed by atoms with Crippen molar-refractivity contribution < 1.29 is 23.7 Å². The second-order valence-electron chi connectivity index (χ2n) is 7.46. The zero-order valence-corrected chi connectivity index (χ0v) is 18.7. The van der Waals surface area contributed by atoms with Gasteiger partial charge in [-0.05, 0) is 35.9 Å². The van der Waals surface area contributed by atoms with Crippen molar-refractivity contribution in [2.75, 3.05) is 6.61 Å². The van der Waals surface area contributed by atoms with Crippen molar-refractivity contribution in [3.05, 3.63) is 93.8 Å². The van der Waals surface area contributed by atoms with Gasteiger partial charge in [0.25, 0.3) is 0 Å². The van der Waals surface area contributed by atoms with Gasteiger partial charge in [0, 0.05) is 16.1 Å². The maximum absolute atomic E-state index is 12.7. The van der Waals surface area contributed by atoms with Crippen LogP contribution in [0, 0.1) is 11.3 Å². The Morgan fingerprint density at radius 1 is 1.06 bits per heavy atom. The van der Waals surface area contributed by atoms with E-state index >= 15 is 0 Å². The van der Waals surface area contributed by atoms with E-state index < -0.39 is 18.0 Å². The first-order valence-corrected chi connectivity index (χ1v) is 10.9. The molecule has 0 amide bonds. The van der Waals surface area contributed by atoms with Crippen molar-refractivity contribution in [3.63, 3.8) is 0 Å². The maximum atomic E-state index is 12.7. The minimum Gasteiger partial charge on any atom is -0.485 e. The van der Waals surface area contributed by atoms with Gasteiger partial charge in [-0.25, -0.2) is 4.79 Å². The Morgan fingerprint density at radius 3 is 2.58 bits per heavy atom. The lowest BCUT2D eigenvalue weighted by Gasteiger charge is -2.27. The number of fused-ring (bicyclic) bond motifs is 2. The van der Waals surface area contributed by atoms with Gasteiger partial charge in [0.05, 0.1) is 5.92 Å². The van der Waals surface area contributed by atoms with Crippen molar-refractivity contribution in [2.45, 2.75) is 12.0 Å². The standard InChI is InChI=1S/C25H17BrN2O5/c26-15-7-5-14(6-8-15)23-17-10-9-16(11-21(17)33-24(28)18(23)12-27)31-25(29)22-13-30-19-3-1-2-4-20(19)32-22/h1-11,22-23H,13,28H2. The second-order valence-corrected chi connectivity index (χ2v) is 8.38. The Hall–Kier alpha value is -3.96. The largest absolute Gasteiger partial charge is 0.485 e. The molecule has 33 heavy (non-hydrogen) atoms. The highest BCUT2D eigenvalue weighted by Gasteiger charge is 2.32. The van der Waals surface area contributed by atoms with Gasteiger partial charge < -0.3 is 24.7 Å². The van der Waals surface area contributed by atoms with Gasteiger partial charge >= 0.3 is 5.97 Å². The fourth-order valence-electron chi connectivity index (χ4n) is 3.81. The zero-order chi connectivity index (χ0) is 22.9. The lowest BCUT2D eigenvalue weighted by Crippen LogP contribution is -2.39. The molecule has 3 aromatic rings. The van der Waals surface area contributed by atoms with E-state index in [-0.39, 0.29) is 18.2 Å². The fourth-order valence-corrected chi connectivity index (χ4v) is 4.08. The second kappa shape index (κ2) is 8.52. The minimum atomic E-state index is -0.900. The molecule has 2 heterocycles. The molecule has 0 spiro atoms. The highest BCUT2D eigenvalue weighted by Crippen LogP contribution is 2.43. The summed E-state index contributed by atoms with van der Waals surface area (Å²) < 4.78 is 23.5. The van der Waals surface area contributed by atoms with Gasteiger partial charge in [0.15, 0.2) is 11.5 Å². The number of benzene rings is 3. The van der Waals surface area contributed by atoms with Gasteiger partial charge in [-0.3, -0.25) is 0 Å². The van der Waals surface area contributed by atoms with Crippen LogP contribution in [0.2, 0.25) is 0 Å². The summed E-state index contributed by atoms with van der Waals surface area (Å²) in [6.45, 7) is 0.0458. The highest BCUT2D eigenvalue weighted by molar-refractivity contribution is 9.10. The fraction of sp³-hybridized carbons (Fsp3) is 0.120. The van der Waals surface area contributed by atoms with Gasteiger partial charge in [-0.1, -0.05) is 46.3 Å². The molecule has 0 aromatic heterocycles. The van der Waals surface area contributed by atoms with E-state index in [4.69, 9.17) is 24.7 Å². The van der Waals surface area contributed by atoms with Crippen LogP contribution in [0.15, 0.2) is 82.7 Å². The number of rotatable bonds is 3. The number of allylic oxidation sites excluding steroid dienone is 1. The number of nitriles is 1. The first-order valence-electron chi connectivity index (χ1n) is 10.1. The molecule has 0 fully saturated rings. The minimum absolute atomic E-state index is 0.0158. The van der Waals surface area contributed by atoms with Gasteiger partial charge in [-0.2, -0.15) is 5.26 Å². The Bertz CT molecular complexity index is 1310. The number of nitrogens with two attached hydrogens (primary N) is 1. The number of hydrogen-bond acceptors (Lipinski definition) is 7. The van der Waals surface area contributed by atoms with Gasteiger partial charge in [0.1, 0.15) is 29.7 Å². The van der Waals surface area contributed by atoms with E-state index in [1.165, 1.54) is 0 Å². The number of carbonyl (C=O) groups excluding carboxylic acids is 1. The monoisotopic (exact) mass is 504 g/mol. The summed E-state index contributed by atoms with van der Waals surface area (Å²) >= 11 is 3.43. The topological polar surface area (TPSA) is 104 Å². The molecule has 0 aliphatic carbocycles. The van der Waals surface area contributed by atoms with Crippen LogP contribution < -0.4 is 24.7 Å². The Labute approximate surface area is 198 Å². The third-order valence-corrected chi connectivity index (χ3v) is 5.91. The maximum Gasteiger partial charge on any atom is 0.356 e. The molecular weight excluding hydrogens is 488 g/mol. The van der Waals surface area contributed by atoms with Crippen LogP contribution in [0.4, 0.5) is 0 Å². The molecule has 2 unspecified atom stereocenters. The van der Waals surface area contributed by atoms with Crippen LogP contribution in [-0.4, -0.2) is 18.7 Å². The number of carbonyl (C=O) groups is 1. The molecule has 0 bridgehead atoms. The summed E-state index contributed by atoms with van der Waals surface area (Å²) in [5.41, 5.74) is 8.01.